The van der Waals surface area contributed by atoms with Crippen molar-refractivity contribution in [3.63, 3.8) is 0 Å². The molecule has 104 valence electrons. The van der Waals surface area contributed by atoms with Gasteiger partial charge < -0.3 is 10.6 Å². The average molecular weight is 279 g/mol. The summed E-state index contributed by atoms with van der Waals surface area (Å²) in [6.45, 7) is 8.14. The maximum Gasteiger partial charge on any atom is 0.195 e. The number of hydrogen-bond donors (Lipinski definition) is 1. The Labute approximate surface area is 117 Å². The summed E-state index contributed by atoms with van der Waals surface area (Å²) in [6, 6.07) is 0. The summed E-state index contributed by atoms with van der Waals surface area (Å²) in [5.74, 6) is 1.07. The molecule has 6 heteroatoms. The van der Waals surface area contributed by atoms with E-state index in [1.807, 2.05) is 0 Å². The number of nitrogens with two attached hydrogens (primary N) is 1. The molecule has 3 rings (SSSR count). The zero-order valence-electron chi connectivity index (χ0n) is 11.8. The highest BCUT2D eigenvalue weighted by Gasteiger charge is 2.33. The van der Waals surface area contributed by atoms with Crippen LogP contribution in [0.15, 0.2) is 11.6 Å². The minimum absolute atomic E-state index is 0.168. The second-order valence-corrected chi connectivity index (χ2v) is 6.67. The van der Waals surface area contributed by atoms with Gasteiger partial charge in [-0.25, -0.2) is 4.98 Å². The van der Waals surface area contributed by atoms with E-state index in [1.54, 1.807) is 11.3 Å². The summed E-state index contributed by atoms with van der Waals surface area (Å²) in [4.78, 5) is 10.6. The Morgan fingerprint density at radius 1 is 1.42 bits per heavy atom. The molecule has 2 aromatic rings. The van der Waals surface area contributed by atoms with Gasteiger partial charge in [-0.2, -0.15) is 0 Å². The molecule has 1 saturated heterocycles. The normalized spacial score (nSPS) is 20.3. The van der Waals surface area contributed by atoms with Crippen molar-refractivity contribution in [2.24, 2.45) is 5.73 Å². The molecule has 0 aliphatic carbocycles. The molecule has 2 N–H and O–H groups in total. The predicted octanol–water partition coefficient (Wildman–Crippen LogP) is 1.38. The van der Waals surface area contributed by atoms with Gasteiger partial charge >= 0.3 is 0 Å². The van der Waals surface area contributed by atoms with E-state index in [-0.39, 0.29) is 5.54 Å². The van der Waals surface area contributed by atoms with Gasteiger partial charge in [-0.05, 0) is 20.9 Å². The predicted molar refractivity (Wildman–Crippen MR) is 79.9 cm³/mol. The molecule has 0 spiro atoms. The third-order valence-corrected chi connectivity index (χ3v) is 4.91. The summed E-state index contributed by atoms with van der Waals surface area (Å²) >= 11 is 1.66. The van der Waals surface area contributed by atoms with Crippen molar-refractivity contribution in [3.05, 3.63) is 17.3 Å². The molecule has 5 nitrogen and oxygen atoms in total. The van der Waals surface area contributed by atoms with Crippen LogP contribution < -0.4 is 10.6 Å². The molecule has 1 aliphatic heterocycles. The second kappa shape index (κ2) is 4.47. The first-order valence-electron chi connectivity index (χ1n) is 6.63. The van der Waals surface area contributed by atoms with E-state index in [4.69, 9.17) is 10.7 Å². The standard InChI is InChI=1S/C13H21N5S/c1-13(2)9-17(5-4-16(13)3)11-10(8-14)18-6-7-19-12(18)15-11/h6-7H,4-5,8-9,14H2,1-3H3. The molecule has 0 bridgehead atoms. The average Bonchev–Trinajstić information content (AvgIpc) is 2.92. The summed E-state index contributed by atoms with van der Waals surface area (Å²) < 4.78 is 2.12. The van der Waals surface area contributed by atoms with E-state index < -0.39 is 0 Å². The fourth-order valence-corrected chi connectivity index (χ4v) is 3.41. The van der Waals surface area contributed by atoms with Crippen LogP contribution in [0.5, 0.6) is 0 Å². The lowest BCUT2D eigenvalue weighted by Gasteiger charge is -2.45. The fourth-order valence-electron chi connectivity index (χ4n) is 2.69. The molecule has 0 unspecified atom stereocenters. The monoisotopic (exact) mass is 279 g/mol. The van der Waals surface area contributed by atoms with E-state index in [0.29, 0.717) is 6.54 Å². The number of imidazole rings is 1. The van der Waals surface area contributed by atoms with Crippen molar-refractivity contribution < 1.29 is 0 Å². The first-order valence-corrected chi connectivity index (χ1v) is 7.51. The minimum atomic E-state index is 0.168. The topological polar surface area (TPSA) is 49.8 Å². The van der Waals surface area contributed by atoms with Crippen LogP contribution >= 0.6 is 11.3 Å². The Morgan fingerprint density at radius 3 is 2.89 bits per heavy atom. The number of likely N-dealkylation sites (N-methyl/N-ethyl adjacent to an activating group) is 1. The van der Waals surface area contributed by atoms with Gasteiger partial charge in [0, 0.05) is 43.3 Å². The Kier molecular flexibility index (Phi) is 3.03. The zero-order valence-corrected chi connectivity index (χ0v) is 12.6. The lowest BCUT2D eigenvalue weighted by Crippen LogP contribution is -2.58. The highest BCUT2D eigenvalue weighted by atomic mass is 32.1. The summed E-state index contributed by atoms with van der Waals surface area (Å²) in [5.41, 5.74) is 7.22. The molecule has 19 heavy (non-hydrogen) atoms. The number of rotatable bonds is 2. The van der Waals surface area contributed by atoms with Crippen molar-refractivity contribution in [3.8, 4) is 0 Å². The van der Waals surface area contributed by atoms with Gasteiger partial charge in [0.15, 0.2) is 10.8 Å². The molecule has 1 fully saturated rings. The van der Waals surface area contributed by atoms with Crippen molar-refractivity contribution in [1.29, 1.82) is 0 Å². The molecule has 0 amide bonds. The molecule has 3 heterocycles. The largest absolute Gasteiger partial charge is 0.352 e. The smallest absolute Gasteiger partial charge is 0.195 e. The van der Waals surface area contributed by atoms with Crippen LogP contribution in [0.2, 0.25) is 0 Å². The van der Waals surface area contributed by atoms with Crippen LogP contribution in [0, 0.1) is 0 Å². The van der Waals surface area contributed by atoms with E-state index in [0.717, 1.165) is 36.1 Å². The van der Waals surface area contributed by atoms with Gasteiger partial charge in [0.1, 0.15) is 0 Å². The van der Waals surface area contributed by atoms with E-state index in [9.17, 15) is 0 Å². The molecule has 0 atom stereocenters. The highest BCUT2D eigenvalue weighted by molar-refractivity contribution is 7.15. The maximum absolute atomic E-state index is 5.93. The van der Waals surface area contributed by atoms with Crippen molar-refractivity contribution in [1.82, 2.24) is 14.3 Å². The molecule has 0 saturated carbocycles. The molecule has 0 radical (unpaired) electrons. The van der Waals surface area contributed by atoms with E-state index in [1.165, 1.54) is 0 Å². The SMILES string of the molecule is CN1CCN(c2nc3sccn3c2CN)CC1(C)C. The van der Waals surface area contributed by atoms with Crippen LogP contribution in [0.3, 0.4) is 0 Å². The molecule has 0 aromatic carbocycles. The zero-order chi connectivity index (χ0) is 13.6. The fraction of sp³-hybridized carbons (Fsp3) is 0.615. The molecular formula is C13H21N5S. The van der Waals surface area contributed by atoms with Gasteiger partial charge in [-0.1, -0.05) is 0 Å². The number of fused-ring (bicyclic) bond motifs is 1. The van der Waals surface area contributed by atoms with E-state index in [2.05, 4.69) is 46.7 Å². The van der Waals surface area contributed by atoms with Gasteiger partial charge in [0.25, 0.3) is 0 Å². The van der Waals surface area contributed by atoms with Crippen LogP contribution in [-0.2, 0) is 6.54 Å². The van der Waals surface area contributed by atoms with Crippen molar-refractivity contribution in [2.75, 3.05) is 31.6 Å². The first kappa shape index (κ1) is 12.9. The van der Waals surface area contributed by atoms with Crippen LogP contribution in [0.4, 0.5) is 5.82 Å². The van der Waals surface area contributed by atoms with Crippen molar-refractivity contribution >= 4 is 22.1 Å². The number of hydrogen-bond acceptors (Lipinski definition) is 5. The molecular weight excluding hydrogens is 258 g/mol. The first-order chi connectivity index (χ1) is 9.03. The Hall–Kier alpha value is -1.11. The van der Waals surface area contributed by atoms with Crippen LogP contribution in [0.25, 0.3) is 4.96 Å². The summed E-state index contributed by atoms with van der Waals surface area (Å²) in [7, 11) is 2.19. The third kappa shape index (κ3) is 2.04. The lowest BCUT2D eigenvalue weighted by atomic mass is 10.00. The number of nitrogens with zero attached hydrogens (tertiary/aromatic N) is 4. The second-order valence-electron chi connectivity index (χ2n) is 5.80. The van der Waals surface area contributed by atoms with Crippen LogP contribution in [0.1, 0.15) is 19.5 Å². The van der Waals surface area contributed by atoms with Crippen molar-refractivity contribution in [2.45, 2.75) is 25.9 Å². The third-order valence-electron chi connectivity index (χ3n) is 4.15. The molecule has 1 aliphatic rings. The van der Waals surface area contributed by atoms with Gasteiger partial charge in [0.05, 0.1) is 5.69 Å². The van der Waals surface area contributed by atoms with Crippen LogP contribution in [-0.4, -0.2) is 46.5 Å². The number of thiazole rings is 1. The van der Waals surface area contributed by atoms with Gasteiger partial charge in [0.2, 0.25) is 0 Å². The Balaban J connectivity index is 1.98. The quantitative estimate of drug-likeness (QED) is 0.902. The van der Waals surface area contributed by atoms with Gasteiger partial charge in [-0.3, -0.25) is 9.30 Å². The number of aromatic nitrogens is 2. The summed E-state index contributed by atoms with van der Waals surface area (Å²) in [5, 5.41) is 2.05. The number of piperazine rings is 1. The lowest BCUT2D eigenvalue weighted by molar-refractivity contribution is 0.138. The Morgan fingerprint density at radius 2 is 2.21 bits per heavy atom. The van der Waals surface area contributed by atoms with E-state index >= 15 is 0 Å². The highest BCUT2D eigenvalue weighted by Crippen LogP contribution is 2.28. The maximum atomic E-state index is 5.93. The Bertz CT molecular complexity index is 585. The molecule has 2 aromatic heterocycles. The summed E-state index contributed by atoms with van der Waals surface area (Å²) in [6.07, 6.45) is 2.06. The number of anilines is 1. The van der Waals surface area contributed by atoms with Gasteiger partial charge in [-0.15, -0.1) is 11.3 Å². The minimum Gasteiger partial charge on any atom is -0.352 e.